The maximum absolute atomic E-state index is 13.2. The molecule has 2 rings (SSSR count). The highest BCUT2D eigenvalue weighted by Crippen LogP contribution is 2.09. The van der Waals surface area contributed by atoms with Crippen LogP contribution in [0.1, 0.15) is 57.6 Å². The molecule has 0 aliphatic carbocycles. The molecule has 2 atom stereocenters. The van der Waals surface area contributed by atoms with E-state index in [0.29, 0.717) is 38.8 Å². The third kappa shape index (κ3) is 14.3. The molecular weight excluding hydrogens is 526 g/mol. The van der Waals surface area contributed by atoms with Crippen LogP contribution in [-0.2, 0) is 37.0 Å². The number of amides is 3. The highest BCUT2D eigenvalue weighted by atomic mass is 16.6. The molecule has 0 aliphatic heterocycles. The van der Waals surface area contributed by atoms with E-state index in [1.807, 2.05) is 74.5 Å². The standard InChI is InChI=1S/C31H43N3O7/c1-4-39-22-28(35)26(17-11-12-18-32-30(37)40-20-24-13-7-5-8-14-24)33-29(36)27(19-23(2)3)34-31(38)41-21-25-15-9-6-10-16-25/h5-10,13-16,23,26-27H,4,11-12,17-22H2,1-3H3,(H,32,37)(H,33,36)(H,34,38)/t26-,27-/m0/s1. The Morgan fingerprint density at radius 1 is 0.756 bits per heavy atom. The van der Waals surface area contributed by atoms with Gasteiger partial charge in [-0.05, 0) is 49.7 Å². The highest BCUT2D eigenvalue weighted by Gasteiger charge is 2.27. The zero-order valence-electron chi connectivity index (χ0n) is 24.2. The number of unbranched alkanes of at least 4 members (excludes halogenated alkanes) is 1. The molecule has 0 radical (unpaired) electrons. The Bertz CT molecular complexity index is 1060. The van der Waals surface area contributed by atoms with Crippen LogP contribution in [0.5, 0.6) is 0 Å². The fraction of sp³-hybridized carbons (Fsp3) is 0.484. The number of hydrogen-bond acceptors (Lipinski definition) is 7. The van der Waals surface area contributed by atoms with E-state index in [-0.39, 0.29) is 31.5 Å². The van der Waals surface area contributed by atoms with Gasteiger partial charge in [-0.1, -0.05) is 74.5 Å². The Morgan fingerprint density at radius 3 is 1.90 bits per heavy atom. The second-order valence-corrected chi connectivity index (χ2v) is 10.0. The van der Waals surface area contributed by atoms with Gasteiger partial charge in [0, 0.05) is 13.2 Å². The zero-order chi connectivity index (χ0) is 29.9. The fourth-order valence-corrected chi connectivity index (χ4v) is 3.94. The maximum Gasteiger partial charge on any atom is 0.408 e. The summed E-state index contributed by atoms with van der Waals surface area (Å²) in [4.78, 5) is 50.4. The van der Waals surface area contributed by atoms with E-state index in [4.69, 9.17) is 14.2 Å². The van der Waals surface area contributed by atoms with Crippen LogP contribution in [0, 0.1) is 5.92 Å². The van der Waals surface area contributed by atoms with Gasteiger partial charge in [0.15, 0.2) is 5.78 Å². The summed E-state index contributed by atoms with van der Waals surface area (Å²) in [5.74, 6) is -0.622. The molecule has 41 heavy (non-hydrogen) atoms. The van der Waals surface area contributed by atoms with E-state index >= 15 is 0 Å². The number of hydrogen-bond donors (Lipinski definition) is 3. The van der Waals surface area contributed by atoms with Crippen LogP contribution in [0.2, 0.25) is 0 Å². The molecule has 3 amide bonds. The van der Waals surface area contributed by atoms with Crippen molar-refractivity contribution in [1.29, 1.82) is 0 Å². The van der Waals surface area contributed by atoms with Crippen molar-refractivity contribution in [3.63, 3.8) is 0 Å². The summed E-state index contributed by atoms with van der Waals surface area (Å²) < 4.78 is 15.8. The predicted octanol–water partition coefficient (Wildman–Crippen LogP) is 4.51. The van der Waals surface area contributed by atoms with Gasteiger partial charge in [0.2, 0.25) is 5.91 Å². The predicted molar refractivity (Wildman–Crippen MR) is 155 cm³/mol. The van der Waals surface area contributed by atoms with Gasteiger partial charge >= 0.3 is 12.2 Å². The summed E-state index contributed by atoms with van der Waals surface area (Å²) >= 11 is 0. The third-order valence-electron chi connectivity index (χ3n) is 6.08. The monoisotopic (exact) mass is 569 g/mol. The minimum Gasteiger partial charge on any atom is -0.445 e. The average Bonchev–Trinajstić information content (AvgIpc) is 2.97. The lowest BCUT2D eigenvalue weighted by atomic mass is 10.0. The molecule has 0 aromatic heterocycles. The van der Waals surface area contributed by atoms with E-state index in [1.54, 1.807) is 6.92 Å². The summed E-state index contributed by atoms with van der Waals surface area (Å²) in [5, 5.41) is 8.14. The van der Waals surface area contributed by atoms with Gasteiger partial charge in [-0.25, -0.2) is 9.59 Å². The summed E-state index contributed by atoms with van der Waals surface area (Å²) in [6.07, 6.45) is 0.626. The van der Waals surface area contributed by atoms with Gasteiger partial charge in [0.1, 0.15) is 25.9 Å². The van der Waals surface area contributed by atoms with Crippen LogP contribution < -0.4 is 16.0 Å². The van der Waals surface area contributed by atoms with Gasteiger partial charge in [-0.2, -0.15) is 0 Å². The molecule has 3 N–H and O–H groups in total. The van der Waals surface area contributed by atoms with E-state index in [9.17, 15) is 19.2 Å². The molecule has 0 unspecified atom stereocenters. The van der Waals surface area contributed by atoms with E-state index < -0.39 is 30.2 Å². The summed E-state index contributed by atoms with van der Waals surface area (Å²) in [7, 11) is 0. The minimum atomic E-state index is -0.873. The lowest BCUT2D eigenvalue weighted by molar-refractivity contribution is -0.131. The number of ether oxygens (including phenoxy) is 3. The Kier molecular flexibility index (Phi) is 15.6. The van der Waals surface area contributed by atoms with Crippen molar-refractivity contribution >= 4 is 23.9 Å². The fourth-order valence-electron chi connectivity index (χ4n) is 3.94. The van der Waals surface area contributed by atoms with Crippen molar-refractivity contribution in [2.75, 3.05) is 19.8 Å². The SMILES string of the molecule is CCOCC(=O)[C@H](CCCCNC(=O)OCc1ccccc1)NC(=O)[C@H](CC(C)C)NC(=O)OCc1ccccc1. The minimum absolute atomic E-state index is 0.0754. The Balaban J connectivity index is 1.85. The van der Waals surface area contributed by atoms with Gasteiger partial charge in [-0.15, -0.1) is 0 Å². The second-order valence-electron chi connectivity index (χ2n) is 10.0. The summed E-state index contributed by atoms with van der Waals surface area (Å²) in [5.41, 5.74) is 1.72. The molecular formula is C31H43N3O7. The number of nitrogens with one attached hydrogen (secondary N) is 3. The van der Waals surface area contributed by atoms with E-state index in [1.165, 1.54) is 0 Å². The Hall–Kier alpha value is -3.92. The first-order chi connectivity index (χ1) is 19.8. The number of benzene rings is 2. The molecule has 224 valence electrons. The van der Waals surface area contributed by atoms with Crippen molar-refractivity contribution in [3.8, 4) is 0 Å². The van der Waals surface area contributed by atoms with Gasteiger partial charge < -0.3 is 30.2 Å². The van der Waals surface area contributed by atoms with Crippen molar-refractivity contribution in [2.24, 2.45) is 5.92 Å². The molecule has 0 fully saturated rings. The molecule has 0 bridgehead atoms. The average molecular weight is 570 g/mol. The second kappa shape index (κ2) is 19.2. The molecule has 0 saturated heterocycles. The van der Waals surface area contributed by atoms with Crippen LogP contribution in [-0.4, -0.2) is 55.7 Å². The third-order valence-corrected chi connectivity index (χ3v) is 6.08. The van der Waals surface area contributed by atoms with E-state index in [2.05, 4.69) is 16.0 Å². The first-order valence-corrected chi connectivity index (χ1v) is 14.1. The normalized spacial score (nSPS) is 12.2. The van der Waals surface area contributed by atoms with E-state index in [0.717, 1.165) is 11.1 Å². The van der Waals surface area contributed by atoms with Crippen LogP contribution in [0.4, 0.5) is 9.59 Å². The van der Waals surface area contributed by atoms with Crippen molar-refractivity contribution in [3.05, 3.63) is 71.8 Å². The van der Waals surface area contributed by atoms with Crippen LogP contribution in [0.25, 0.3) is 0 Å². The first kappa shape index (κ1) is 33.3. The topological polar surface area (TPSA) is 132 Å². The number of carbonyl (C=O) groups excluding carboxylic acids is 4. The van der Waals surface area contributed by atoms with Crippen molar-refractivity contribution in [2.45, 2.75) is 71.8 Å². The zero-order valence-corrected chi connectivity index (χ0v) is 24.2. The molecule has 2 aromatic rings. The molecule has 10 nitrogen and oxygen atoms in total. The number of rotatable bonds is 18. The number of alkyl carbamates (subject to hydrolysis) is 2. The largest absolute Gasteiger partial charge is 0.445 e. The molecule has 2 aromatic carbocycles. The number of carbonyl (C=O) groups is 4. The molecule has 0 spiro atoms. The van der Waals surface area contributed by atoms with Crippen LogP contribution in [0.3, 0.4) is 0 Å². The van der Waals surface area contributed by atoms with Crippen LogP contribution >= 0.6 is 0 Å². The van der Waals surface area contributed by atoms with Gasteiger partial charge in [0.25, 0.3) is 0 Å². The lowest BCUT2D eigenvalue weighted by Gasteiger charge is -2.24. The van der Waals surface area contributed by atoms with Crippen molar-refractivity contribution < 1.29 is 33.4 Å². The van der Waals surface area contributed by atoms with Crippen molar-refractivity contribution in [1.82, 2.24) is 16.0 Å². The molecule has 10 heteroatoms. The summed E-state index contributed by atoms with van der Waals surface area (Å²) in [6.45, 7) is 6.51. The summed E-state index contributed by atoms with van der Waals surface area (Å²) in [6, 6.07) is 16.9. The van der Waals surface area contributed by atoms with Gasteiger partial charge in [-0.3, -0.25) is 9.59 Å². The quantitative estimate of drug-likeness (QED) is 0.225. The van der Waals surface area contributed by atoms with Gasteiger partial charge in [0.05, 0.1) is 6.04 Å². The smallest absolute Gasteiger partial charge is 0.408 e. The van der Waals surface area contributed by atoms with Crippen LogP contribution in [0.15, 0.2) is 60.7 Å². The Labute approximate surface area is 242 Å². The molecule has 0 heterocycles. The lowest BCUT2D eigenvalue weighted by Crippen LogP contribution is -2.52. The Morgan fingerprint density at radius 2 is 1.34 bits per heavy atom. The first-order valence-electron chi connectivity index (χ1n) is 14.1. The molecule has 0 aliphatic rings. The molecule has 0 saturated carbocycles. The maximum atomic E-state index is 13.2. The number of ketones is 1. The number of Topliss-reactive ketones (excluding diaryl/α,β-unsaturated/α-hetero) is 1. The highest BCUT2D eigenvalue weighted by molar-refractivity contribution is 5.92.